The van der Waals surface area contributed by atoms with Crippen molar-refractivity contribution in [3.63, 3.8) is 0 Å². The van der Waals surface area contributed by atoms with Crippen LogP contribution in [0.5, 0.6) is 0 Å². The smallest absolute Gasteiger partial charge is 0.0700 e. The monoisotopic (exact) mass is 270 g/mol. The van der Waals surface area contributed by atoms with Gasteiger partial charge in [0, 0.05) is 25.7 Å². The summed E-state index contributed by atoms with van der Waals surface area (Å²) in [6.07, 6.45) is 3.94. The third-order valence-corrected chi connectivity index (χ3v) is 4.40. The fraction of sp³-hybridized carbons (Fsp3) is 1.00. The van der Waals surface area contributed by atoms with Crippen molar-refractivity contribution in [2.45, 2.75) is 57.7 Å². The van der Waals surface area contributed by atoms with E-state index in [2.05, 4.69) is 31.0 Å². The Balaban J connectivity index is 1.98. The summed E-state index contributed by atoms with van der Waals surface area (Å²) in [7, 11) is 0. The highest BCUT2D eigenvalue weighted by molar-refractivity contribution is 5.03. The highest BCUT2D eigenvalue weighted by Gasteiger charge is 2.46. The van der Waals surface area contributed by atoms with Gasteiger partial charge < -0.3 is 15.2 Å². The molecule has 1 saturated heterocycles. The Labute approximate surface area is 117 Å². The Kier molecular flexibility index (Phi) is 5.23. The van der Waals surface area contributed by atoms with Gasteiger partial charge in [-0.25, -0.2) is 0 Å². The lowest BCUT2D eigenvalue weighted by atomic mass is 9.91. The summed E-state index contributed by atoms with van der Waals surface area (Å²) in [4.78, 5) is 2.47. The number of nitrogens with zero attached hydrogens (tertiary/aromatic N) is 1. The largest absolute Gasteiger partial charge is 0.394 e. The van der Waals surface area contributed by atoms with Crippen molar-refractivity contribution in [2.75, 3.05) is 32.8 Å². The van der Waals surface area contributed by atoms with Crippen LogP contribution < -0.4 is 5.32 Å². The first kappa shape index (κ1) is 15.2. The van der Waals surface area contributed by atoms with Crippen LogP contribution in [0.4, 0.5) is 0 Å². The highest BCUT2D eigenvalue weighted by atomic mass is 16.5. The molecule has 1 saturated carbocycles. The summed E-state index contributed by atoms with van der Waals surface area (Å²) in [5.74, 6) is 0.642. The SMILES string of the molecule is CCC1CN(CC(CO)(NC(C)C)C2CC2)CCO1. The molecule has 2 aliphatic rings. The molecule has 0 bridgehead atoms. The summed E-state index contributed by atoms with van der Waals surface area (Å²) in [5.41, 5.74) is -0.107. The summed E-state index contributed by atoms with van der Waals surface area (Å²) in [6.45, 7) is 10.5. The molecule has 2 N–H and O–H groups in total. The number of morpholine rings is 1. The van der Waals surface area contributed by atoms with Gasteiger partial charge in [-0.1, -0.05) is 20.8 Å². The van der Waals surface area contributed by atoms with Crippen LogP contribution in [0.2, 0.25) is 0 Å². The molecule has 2 rings (SSSR count). The number of nitrogens with one attached hydrogen (secondary N) is 1. The van der Waals surface area contributed by atoms with Crippen molar-refractivity contribution < 1.29 is 9.84 Å². The highest BCUT2D eigenvalue weighted by Crippen LogP contribution is 2.40. The average Bonchev–Trinajstić information content (AvgIpc) is 3.22. The van der Waals surface area contributed by atoms with Crippen molar-refractivity contribution in [3.8, 4) is 0 Å². The number of aliphatic hydroxyl groups is 1. The Hall–Kier alpha value is -0.160. The van der Waals surface area contributed by atoms with Crippen LogP contribution in [0.15, 0.2) is 0 Å². The Bertz CT molecular complexity index is 281. The molecular formula is C15H30N2O2. The van der Waals surface area contributed by atoms with E-state index in [9.17, 15) is 5.11 Å². The van der Waals surface area contributed by atoms with Gasteiger partial charge in [0.1, 0.15) is 0 Å². The molecule has 0 aromatic rings. The molecule has 4 heteroatoms. The number of aliphatic hydroxyl groups excluding tert-OH is 1. The van der Waals surface area contributed by atoms with E-state index in [1.54, 1.807) is 0 Å². The zero-order valence-corrected chi connectivity index (χ0v) is 12.7. The molecule has 4 nitrogen and oxygen atoms in total. The van der Waals surface area contributed by atoms with Gasteiger partial charge in [-0.05, 0) is 25.2 Å². The first-order valence-corrected chi connectivity index (χ1v) is 7.82. The Morgan fingerprint density at radius 1 is 1.42 bits per heavy atom. The third-order valence-electron chi connectivity index (χ3n) is 4.40. The second-order valence-electron chi connectivity index (χ2n) is 6.52. The van der Waals surface area contributed by atoms with Crippen molar-refractivity contribution in [1.82, 2.24) is 10.2 Å². The van der Waals surface area contributed by atoms with Gasteiger partial charge in [0.15, 0.2) is 0 Å². The summed E-state index contributed by atoms with van der Waals surface area (Å²) >= 11 is 0. The van der Waals surface area contributed by atoms with E-state index >= 15 is 0 Å². The van der Waals surface area contributed by atoms with Gasteiger partial charge in [0.25, 0.3) is 0 Å². The lowest BCUT2D eigenvalue weighted by molar-refractivity contribution is -0.0448. The number of hydrogen-bond donors (Lipinski definition) is 2. The first-order chi connectivity index (χ1) is 9.09. The zero-order valence-electron chi connectivity index (χ0n) is 12.7. The second kappa shape index (κ2) is 6.53. The molecule has 0 aromatic carbocycles. The van der Waals surface area contributed by atoms with Gasteiger partial charge in [0.05, 0.1) is 24.9 Å². The molecule has 1 aliphatic heterocycles. The fourth-order valence-corrected chi connectivity index (χ4v) is 3.30. The predicted molar refractivity (Wildman–Crippen MR) is 77.3 cm³/mol. The summed E-state index contributed by atoms with van der Waals surface area (Å²) in [5, 5.41) is 13.6. The van der Waals surface area contributed by atoms with E-state index in [4.69, 9.17) is 4.74 Å². The maximum Gasteiger partial charge on any atom is 0.0700 e. The first-order valence-electron chi connectivity index (χ1n) is 7.82. The summed E-state index contributed by atoms with van der Waals surface area (Å²) < 4.78 is 5.74. The molecule has 19 heavy (non-hydrogen) atoms. The van der Waals surface area contributed by atoms with Crippen LogP contribution in [0.25, 0.3) is 0 Å². The maximum absolute atomic E-state index is 9.97. The maximum atomic E-state index is 9.97. The molecule has 2 atom stereocenters. The minimum atomic E-state index is -0.107. The number of rotatable bonds is 7. The van der Waals surface area contributed by atoms with E-state index in [-0.39, 0.29) is 12.1 Å². The average molecular weight is 270 g/mol. The lowest BCUT2D eigenvalue weighted by Gasteiger charge is -2.42. The molecule has 112 valence electrons. The van der Waals surface area contributed by atoms with E-state index in [1.165, 1.54) is 12.8 Å². The van der Waals surface area contributed by atoms with Crippen molar-refractivity contribution in [1.29, 1.82) is 0 Å². The van der Waals surface area contributed by atoms with Crippen molar-refractivity contribution in [2.24, 2.45) is 5.92 Å². The van der Waals surface area contributed by atoms with E-state index < -0.39 is 0 Å². The lowest BCUT2D eigenvalue weighted by Crippen LogP contribution is -2.61. The molecule has 0 radical (unpaired) electrons. The van der Waals surface area contributed by atoms with Gasteiger partial charge >= 0.3 is 0 Å². The van der Waals surface area contributed by atoms with Crippen LogP contribution in [-0.2, 0) is 4.74 Å². The van der Waals surface area contributed by atoms with Crippen LogP contribution in [-0.4, -0.2) is 60.5 Å². The third kappa shape index (κ3) is 3.91. The van der Waals surface area contributed by atoms with Gasteiger partial charge in [0.2, 0.25) is 0 Å². The Morgan fingerprint density at radius 3 is 2.68 bits per heavy atom. The van der Waals surface area contributed by atoms with E-state index in [0.717, 1.165) is 32.7 Å². The predicted octanol–water partition coefficient (Wildman–Crippen LogP) is 1.24. The van der Waals surface area contributed by atoms with Crippen LogP contribution in [0.3, 0.4) is 0 Å². The minimum Gasteiger partial charge on any atom is -0.394 e. The zero-order chi connectivity index (χ0) is 13.9. The molecule has 0 aromatic heterocycles. The van der Waals surface area contributed by atoms with Gasteiger partial charge in [-0.15, -0.1) is 0 Å². The molecular weight excluding hydrogens is 240 g/mol. The number of ether oxygens (including phenoxy) is 1. The van der Waals surface area contributed by atoms with Crippen molar-refractivity contribution in [3.05, 3.63) is 0 Å². The van der Waals surface area contributed by atoms with Crippen LogP contribution in [0, 0.1) is 5.92 Å². The Morgan fingerprint density at radius 2 is 2.16 bits per heavy atom. The van der Waals surface area contributed by atoms with Crippen LogP contribution in [0.1, 0.15) is 40.0 Å². The molecule has 1 heterocycles. The van der Waals surface area contributed by atoms with Gasteiger partial charge in [-0.2, -0.15) is 0 Å². The number of hydrogen-bond acceptors (Lipinski definition) is 4. The van der Waals surface area contributed by atoms with Gasteiger partial charge in [-0.3, -0.25) is 4.90 Å². The fourth-order valence-electron chi connectivity index (χ4n) is 3.30. The molecule has 0 spiro atoms. The molecule has 2 fully saturated rings. The van der Waals surface area contributed by atoms with E-state index in [1.807, 2.05) is 0 Å². The van der Waals surface area contributed by atoms with Crippen molar-refractivity contribution >= 4 is 0 Å². The quantitative estimate of drug-likeness (QED) is 0.730. The molecule has 0 amide bonds. The molecule has 2 unspecified atom stereocenters. The standard InChI is InChI=1S/C15H30N2O2/c1-4-14-9-17(7-8-19-14)10-15(11-18,13-5-6-13)16-12(2)3/h12-14,16,18H,4-11H2,1-3H3. The minimum absolute atomic E-state index is 0.107. The van der Waals surface area contributed by atoms with E-state index in [0.29, 0.717) is 18.1 Å². The summed E-state index contributed by atoms with van der Waals surface area (Å²) in [6, 6.07) is 0.413. The second-order valence-corrected chi connectivity index (χ2v) is 6.52. The topological polar surface area (TPSA) is 44.7 Å². The molecule has 1 aliphatic carbocycles. The van der Waals surface area contributed by atoms with Crippen LogP contribution >= 0.6 is 0 Å². The normalized spacial score (nSPS) is 28.6.